The van der Waals surface area contributed by atoms with Crippen molar-refractivity contribution in [1.82, 2.24) is 0 Å². The van der Waals surface area contributed by atoms with Crippen LogP contribution in [0.25, 0.3) is 11.0 Å². The van der Waals surface area contributed by atoms with Gasteiger partial charge in [-0.05, 0) is 37.3 Å². The quantitative estimate of drug-likeness (QED) is 0.681. The summed E-state index contributed by atoms with van der Waals surface area (Å²) in [6.07, 6.45) is 0. The van der Waals surface area contributed by atoms with Gasteiger partial charge < -0.3 is 19.2 Å². The van der Waals surface area contributed by atoms with Crippen molar-refractivity contribution in [1.29, 1.82) is 0 Å². The molecule has 1 heterocycles. The normalized spacial score (nSPS) is 10.6. The third-order valence-corrected chi connectivity index (χ3v) is 3.92. The first-order valence-corrected chi connectivity index (χ1v) is 8.25. The lowest BCUT2D eigenvalue weighted by Crippen LogP contribution is -2.15. The van der Waals surface area contributed by atoms with E-state index in [9.17, 15) is 9.59 Å². The molecule has 0 aliphatic carbocycles. The van der Waals surface area contributed by atoms with Crippen LogP contribution in [0.4, 0.5) is 5.69 Å². The Hall–Kier alpha value is -2.99. The first-order chi connectivity index (χ1) is 12.5. The van der Waals surface area contributed by atoms with Gasteiger partial charge in [0.25, 0.3) is 5.91 Å². The van der Waals surface area contributed by atoms with E-state index in [4.69, 9.17) is 25.5 Å². The number of ether oxygens (including phenoxy) is 2. The third kappa shape index (κ3) is 3.65. The van der Waals surface area contributed by atoms with E-state index in [0.717, 1.165) is 6.07 Å². The maximum absolute atomic E-state index is 12.7. The summed E-state index contributed by atoms with van der Waals surface area (Å²) in [5.74, 6) is 0.526. The Morgan fingerprint density at radius 3 is 2.73 bits per heavy atom. The number of benzene rings is 2. The fourth-order valence-electron chi connectivity index (χ4n) is 2.55. The van der Waals surface area contributed by atoms with Gasteiger partial charge in [0.15, 0.2) is 0 Å². The van der Waals surface area contributed by atoms with Crippen LogP contribution in [0.1, 0.15) is 17.3 Å². The van der Waals surface area contributed by atoms with E-state index >= 15 is 0 Å². The molecule has 0 radical (unpaired) electrons. The van der Waals surface area contributed by atoms with Gasteiger partial charge in [-0.15, -0.1) is 0 Å². The van der Waals surface area contributed by atoms with Gasteiger partial charge in [-0.1, -0.05) is 11.6 Å². The third-order valence-electron chi connectivity index (χ3n) is 3.68. The molecule has 7 heteroatoms. The summed E-state index contributed by atoms with van der Waals surface area (Å²) < 4.78 is 15.8. The fourth-order valence-corrected chi connectivity index (χ4v) is 2.73. The van der Waals surface area contributed by atoms with E-state index in [2.05, 4.69) is 5.32 Å². The van der Waals surface area contributed by atoms with Crippen molar-refractivity contribution in [3.8, 4) is 11.5 Å². The molecule has 0 aliphatic heterocycles. The number of hydrogen-bond acceptors (Lipinski definition) is 5. The van der Waals surface area contributed by atoms with Crippen molar-refractivity contribution in [3.05, 3.63) is 63.5 Å². The lowest BCUT2D eigenvalue weighted by molar-refractivity contribution is 0.102. The molecule has 0 fully saturated rings. The van der Waals surface area contributed by atoms with E-state index in [1.54, 1.807) is 36.4 Å². The zero-order chi connectivity index (χ0) is 18.7. The highest BCUT2D eigenvalue weighted by atomic mass is 35.5. The van der Waals surface area contributed by atoms with E-state index in [1.165, 1.54) is 7.11 Å². The number of carbonyl (C=O) groups excluding carboxylic acids is 1. The largest absolute Gasteiger partial charge is 0.495 e. The highest BCUT2D eigenvalue weighted by Crippen LogP contribution is 2.29. The number of rotatable bonds is 5. The Labute approximate surface area is 154 Å². The number of fused-ring (bicyclic) bond motifs is 1. The minimum absolute atomic E-state index is 0.182. The predicted octanol–water partition coefficient (Wildman–Crippen LogP) is 4.11. The highest BCUT2D eigenvalue weighted by molar-refractivity contribution is 6.31. The molecular weight excluding hydrogens is 358 g/mol. The Morgan fingerprint density at radius 2 is 2.00 bits per heavy atom. The van der Waals surface area contributed by atoms with Crippen molar-refractivity contribution in [2.45, 2.75) is 6.92 Å². The second kappa shape index (κ2) is 7.49. The van der Waals surface area contributed by atoms with Crippen LogP contribution in [-0.4, -0.2) is 19.6 Å². The number of methoxy groups -OCH3 is 1. The Morgan fingerprint density at radius 1 is 1.19 bits per heavy atom. The summed E-state index contributed by atoms with van der Waals surface area (Å²) in [7, 11) is 1.49. The lowest BCUT2D eigenvalue weighted by atomic mass is 10.1. The Balaban J connectivity index is 2.03. The molecule has 3 rings (SSSR count). The van der Waals surface area contributed by atoms with Gasteiger partial charge in [0.05, 0.1) is 25.0 Å². The van der Waals surface area contributed by atoms with E-state index in [1.807, 2.05) is 6.92 Å². The van der Waals surface area contributed by atoms with Gasteiger partial charge in [0, 0.05) is 22.5 Å². The molecule has 6 nitrogen and oxygen atoms in total. The summed E-state index contributed by atoms with van der Waals surface area (Å²) in [4.78, 5) is 24.6. The minimum atomic E-state index is -0.630. The number of anilines is 1. The van der Waals surface area contributed by atoms with Gasteiger partial charge in [0.1, 0.15) is 17.1 Å². The van der Waals surface area contributed by atoms with Gasteiger partial charge >= 0.3 is 5.63 Å². The van der Waals surface area contributed by atoms with E-state index in [0.29, 0.717) is 34.2 Å². The average Bonchev–Trinajstić information content (AvgIpc) is 2.61. The van der Waals surface area contributed by atoms with Gasteiger partial charge in [0.2, 0.25) is 0 Å². The van der Waals surface area contributed by atoms with E-state index in [-0.39, 0.29) is 11.1 Å². The maximum atomic E-state index is 12.7. The monoisotopic (exact) mass is 373 g/mol. The van der Waals surface area contributed by atoms with Crippen LogP contribution in [0.5, 0.6) is 11.5 Å². The van der Waals surface area contributed by atoms with Crippen LogP contribution in [0, 0.1) is 0 Å². The molecule has 0 aliphatic rings. The van der Waals surface area contributed by atoms with Gasteiger partial charge in [-0.3, -0.25) is 4.79 Å². The van der Waals surface area contributed by atoms with Crippen LogP contribution in [0.15, 0.2) is 51.7 Å². The van der Waals surface area contributed by atoms with Crippen LogP contribution in [0.2, 0.25) is 5.02 Å². The molecule has 1 N–H and O–H groups in total. The SMILES string of the molecule is CCOc1ccc2c(C(=O)Nc3cc(Cl)ccc3OC)cc(=O)oc2c1. The second-order valence-electron chi connectivity index (χ2n) is 5.37. The van der Waals surface area contributed by atoms with Crippen LogP contribution in [0.3, 0.4) is 0 Å². The predicted molar refractivity (Wildman–Crippen MR) is 99.6 cm³/mol. The minimum Gasteiger partial charge on any atom is -0.495 e. The van der Waals surface area contributed by atoms with E-state index < -0.39 is 11.5 Å². The molecule has 2 aromatic carbocycles. The van der Waals surface area contributed by atoms with Crippen molar-refractivity contribution in [2.75, 3.05) is 19.0 Å². The van der Waals surface area contributed by atoms with Crippen molar-refractivity contribution in [2.24, 2.45) is 0 Å². The zero-order valence-electron chi connectivity index (χ0n) is 14.2. The highest BCUT2D eigenvalue weighted by Gasteiger charge is 2.16. The standard InChI is InChI=1S/C19H16ClNO5/c1-3-25-12-5-6-13-14(10-18(22)26-17(13)9-12)19(23)21-15-8-11(20)4-7-16(15)24-2/h4-10H,3H2,1-2H3,(H,21,23). The Kier molecular flexibility index (Phi) is 5.14. The maximum Gasteiger partial charge on any atom is 0.337 e. The zero-order valence-corrected chi connectivity index (χ0v) is 14.9. The summed E-state index contributed by atoms with van der Waals surface area (Å²) in [5.41, 5.74) is 0.222. The van der Waals surface area contributed by atoms with Crippen LogP contribution >= 0.6 is 11.6 Å². The average molecular weight is 374 g/mol. The molecule has 0 atom stereocenters. The molecule has 0 saturated carbocycles. The first-order valence-electron chi connectivity index (χ1n) is 7.87. The Bertz CT molecular complexity index is 1030. The van der Waals surface area contributed by atoms with Crippen molar-refractivity contribution >= 4 is 34.2 Å². The van der Waals surface area contributed by atoms with Crippen LogP contribution < -0.4 is 20.4 Å². The summed E-state index contributed by atoms with van der Waals surface area (Å²) in [5, 5.41) is 3.65. The number of nitrogens with one attached hydrogen (secondary N) is 1. The molecular formula is C19H16ClNO5. The molecule has 0 saturated heterocycles. The smallest absolute Gasteiger partial charge is 0.337 e. The van der Waals surface area contributed by atoms with Gasteiger partial charge in [-0.2, -0.15) is 0 Å². The van der Waals surface area contributed by atoms with Gasteiger partial charge in [-0.25, -0.2) is 4.79 Å². The topological polar surface area (TPSA) is 77.8 Å². The van der Waals surface area contributed by atoms with Crippen LogP contribution in [-0.2, 0) is 0 Å². The lowest BCUT2D eigenvalue weighted by Gasteiger charge is -2.12. The number of hydrogen-bond donors (Lipinski definition) is 1. The molecule has 26 heavy (non-hydrogen) atoms. The second-order valence-corrected chi connectivity index (χ2v) is 5.81. The molecule has 1 amide bonds. The first kappa shape index (κ1) is 17.8. The molecule has 0 bridgehead atoms. The molecule has 3 aromatic rings. The molecule has 0 unspecified atom stereocenters. The summed E-state index contributed by atoms with van der Waals surface area (Å²) in [6.45, 7) is 2.33. The number of carbonyl (C=O) groups is 1. The molecule has 0 spiro atoms. The molecule has 134 valence electrons. The fraction of sp³-hybridized carbons (Fsp3) is 0.158. The van der Waals surface area contributed by atoms with Crippen molar-refractivity contribution < 1.29 is 18.7 Å². The summed E-state index contributed by atoms with van der Waals surface area (Å²) in [6, 6.07) is 11.0. The number of amides is 1. The number of halogens is 1. The summed E-state index contributed by atoms with van der Waals surface area (Å²) >= 11 is 5.98. The van der Waals surface area contributed by atoms with Crippen molar-refractivity contribution in [3.63, 3.8) is 0 Å². The molecule has 1 aromatic heterocycles.